The van der Waals surface area contributed by atoms with Gasteiger partial charge >= 0.3 is 11.9 Å². The molecule has 0 bridgehead atoms. The standard InChI is InChI=1S/C15H17N.C10H12N2.C9H13N.C8H15NO.C8H16O3.C6H12O2.C5H9N/c1-3-12(2)13-4-6-14(7-5-13)15-8-10-16-11-9-15;1-3-8(2)10-5-4-9(6-11)7-12-10;1-3-8(2)9-4-6-10-7-5-9;1-3-7(2)9-6-4-5-8(9)10;1-4-8(2,3)7(10)11-6-5-9;1-4-6(2,3)5(7)8;1-3-5(2)4-6/h4-12H,3H2,1-2H3;4-5,7-8H,3H2,1-2H3;4-8H,3H2,1-2H3;7H,3-6H2,1-2H3;9H,4-6H2,1-3H3;4H2,1-3H3,(H,7,8);5H,3H2,1-2H3. The van der Waals surface area contributed by atoms with E-state index in [-0.39, 0.29) is 25.1 Å². The number of ether oxygens (including phenoxy) is 1. The minimum absolute atomic E-state index is 0.0995. The fourth-order valence-electron chi connectivity index (χ4n) is 5.76. The van der Waals surface area contributed by atoms with Gasteiger partial charge in [-0.05, 0) is 169 Å². The van der Waals surface area contributed by atoms with Crippen LogP contribution in [0, 0.1) is 39.4 Å². The first kappa shape index (κ1) is 69.1. The van der Waals surface area contributed by atoms with E-state index in [0.29, 0.717) is 41.7 Å². The number of amides is 1. The SMILES string of the molecule is CCC(C)(C)C(=O)O.CCC(C)(C)C(=O)OCCO.CCC(C)C#N.CCC(C)N1CCCC1=O.CCC(C)c1ccc(-c2ccncc2)cc1.CCC(C)c1ccc(C#N)cn1.CCC(C)c1ccncc1. The molecular formula is C61H94N6O6. The highest BCUT2D eigenvalue weighted by atomic mass is 16.5. The Labute approximate surface area is 442 Å². The summed E-state index contributed by atoms with van der Waals surface area (Å²) in [5, 5.41) is 33.4. The van der Waals surface area contributed by atoms with Crippen molar-refractivity contribution in [3.05, 3.63) is 114 Å². The second kappa shape index (κ2) is 39.5. The van der Waals surface area contributed by atoms with Crippen LogP contribution >= 0.6 is 0 Å². The fraction of sp³-hybridized carbons (Fsp3) is 0.574. The molecule has 1 aromatic carbocycles. The van der Waals surface area contributed by atoms with Gasteiger partial charge in [0.25, 0.3) is 0 Å². The van der Waals surface area contributed by atoms with Gasteiger partial charge in [0.1, 0.15) is 12.7 Å². The highest BCUT2D eigenvalue weighted by Crippen LogP contribution is 2.24. The Balaban J connectivity index is 0. The molecule has 3 aromatic heterocycles. The second-order valence-electron chi connectivity index (χ2n) is 19.7. The predicted octanol–water partition coefficient (Wildman–Crippen LogP) is 14.8. The van der Waals surface area contributed by atoms with Crippen molar-refractivity contribution in [2.45, 2.75) is 192 Å². The van der Waals surface area contributed by atoms with E-state index in [4.69, 9.17) is 25.5 Å². The maximum atomic E-state index is 11.1. The van der Waals surface area contributed by atoms with E-state index >= 15 is 0 Å². The van der Waals surface area contributed by atoms with Gasteiger partial charge in [0.15, 0.2) is 0 Å². The summed E-state index contributed by atoms with van der Waals surface area (Å²) in [5.41, 5.74) is 6.02. The number of hydrogen-bond acceptors (Lipinski definition) is 10. The summed E-state index contributed by atoms with van der Waals surface area (Å²) >= 11 is 0. The van der Waals surface area contributed by atoms with E-state index in [2.05, 4.69) is 113 Å². The summed E-state index contributed by atoms with van der Waals surface area (Å²) in [6.07, 6.45) is 17.8. The molecule has 404 valence electrons. The lowest BCUT2D eigenvalue weighted by atomic mass is 9.91. The van der Waals surface area contributed by atoms with Crippen molar-refractivity contribution < 1.29 is 29.3 Å². The molecule has 5 atom stereocenters. The topological polar surface area (TPSA) is 190 Å². The monoisotopic (exact) mass is 1010 g/mol. The molecule has 1 aliphatic heterocycles. The molecule has 5 unspecified atom stereocenters. The molecule has 0 aliphatic carbocycles. The van der Waals surface area contributed by atoms with Gasteiger partial charge in [-0.3, -0.25) is 29.3 Å². The largest absolute Gasteiger partial charge is 0.481 e. The zero-order valence-corrected chi connectivity index (χ0v) is 47.7. The van der Waals surface area contributed by atoms with Crippen LogP contribution in [0.4, 0.5) is 0 Å². The summed E-state index contributed by atoms with van der Waals surface area (Å²) in [4.78, 5) is 46.6. The molecule has 12 heteroatoms. The van der Waals surface area contributed by atoms with Gasteiger partial charge in [-0.2, -0.15) is 10.5 Å². The number of carbonyl (C=O) groups is 3. The molecule has 2 N–H and O–H groups in total. The molecule has 1 fully saturated rings. The maximum absolute atomic E-state index is 11.1. The first-order valence-electron chi connectivity index (χ1n) is 26.5. The number of aliphatic hydroxyl groups excluding tert-OH is 1. The smallest absolute Gasteiger partial charge is 0.311 e. The van der Waals surface area contributed by atoms with E-state index in [0.717, 1.165) is 50.8 Å². The van der Waals surface area contributed by atoms with Crippen LogP contribution in [0.1, 0.15) is 209 Å². The van der Waals surface area contributed by atoms with E-state index in [1.807, 2.05) is 102 Å². The van der Waals surface area contributed by atoms with Crippen molar-refractivity contribution in [3.63, 3.8) is 0 Å². The molecule has 1 saturated heterocycles. The maximum Gasteiger partial charge on any atom is 0.311 e. The van der Waals surface area contributed by atoms with Gasteiger partial charge in [-0.1, -0.05) is 93.5 Å². The van der Waals surface area contributed by atoms with E-state index in [1.54, 1.807) is 20.0 Å². The minimum atomic E-state index is -0.722. The van der Waals surface area contributed by atoms with Gasteiger partial charge in [-0.25, -0.2) is 0 Å². The highest BCUT2D eigenvalue weighted by molar-refractivity contribution is 5.78. The molecule has 0 spiro atoms. The lowest BCUT2D eigenvalue weighted by Crippen LogP contribution is -2.33. The second-order valence-corrected chi connectivity index (χ2v) is 19.7. The Hall–Kier alpha value is -5.98. The molecule has 1 amide bonds. The summed E-state index contributed by atoms with van der Waals surface area (Å²) in [5.74, 6) is 1.42. The predicted molar refractivity (Wildman–Crippen MR) is 299 cm³/mol. The quantitative estimate of drug-likeness (QED) is 0.102. The molecule has 4 aromatic rings. The normalized spacial score (nSPS) is 13.5. The number of aliphatic hydroxyl groups is 1. The van der Waals surface area contributed by atoms with Crippen LogP contribution in [0.3, 0.4) is 0 Å². The number of likely N-dealkylation sites (tertiary alicyclic amines) is 1. The number of carboxylic acid groups (broad SMARTS) is 1. The van der Waals surface area contributed by atoms with E-state index < -0.39 is 16.8 Å². The molecule has 0 saturated carbocycles. The first-order valence-corrected chi connectivity index (χ1v) is 26.5. The third-order valence-corrected chi connectivity index (χ3v) is 13.3. The van der Waals surface area contributed by atoms with Crippen LogP contribution in [-0.2, 0) is 19.1 Å². The van der Waals surface area contributed by atoms with E-state index in [9.17, 15) is 14.4 Å². The Morgan fingerprint density at radius 1 is 0.685 bits per heavy atom. The van der Waals surface area contributed by atoms with Gasteiger partial charge in [-0.15, -0.1) is 0 Å². The lowest BCUT2D eigenvalue weighted by molar-refractivity contribution is -0.155. The van der Waals surface area contributed by atoms with Crippen LogP contribution in [0.25, 0.3) is 11.1 Å². The number of aromatic nitrogens is 3. The first-order chi connectivity index (χ1) is 34.5. The zero-order valence-electron chi connectivity index (χ0n) is 47.7. The van der Waals surface area contributed by atoms with Crippen LogP contribution < -0.4 is 0 Å². The highest BCUT2D eigenvalue weighted by Gasteiger charge is 2.27. The number of pyridine rings is 3. The third-order valence-electron chi connectivity index (χ3n) is 13.3. The van der Waals surface area contributed by atoms with E-state index in [1.165, 1.54) is 35.1 Å². The number of benzene rings is 1. The molecular weight excluding hydrogens is 913 g/mol. The van der Waals surface area contributed by atoms with Crippen LogP contribution in [0.5, 0.6) is 0 Å². The van der Waals surface area contributed by atoms with Gasteiger partial charge in [0.2, 0.25) is 5.91 Å². The Bertz CT molecular complexity index is 2130. The summed E-state index contributed by atoms with van der Waals surface area (Å²) in [6.45, 7) is 33.2. The Kier molecular flexibility index (Phi) is 37.4. The number of carboxylic acids is 1. The molecule has 4 heterocycles. The number of hydrogen-bond donors (Lipinski definition) is 2. The van der Waals surface area contributed by atoms with Crippen LogP contribution in [0.15, 0.2) is 91.6 Å². The summed E-state index contributed by atoms with van der Waals surface area (Å²) < 4.78 is 4.76. The Morgan fingerprint density at radius 2 is 1.18 bits per heavy atom. The van der Waals surface area contributed by atoms with Gasteiger partial charge in [0, 0.05) is 61.6 Å². The van der Waals surface area contributed by atoms with Crippen LogP contribution in [0.2, 0.25) is 0 Å². The average Bonchev–Trinajstić information content (AvgIpc) is 3.88. The third kappa shape index (κ3) is 29.3. The zero-order chi connectivity index (χ0) is 56.0. The van der Waals surface area contributed by atoms with Crippen molar-refractivity contribution in [1.29, 1.82) is 10.5 Å². The molecule has 0 radical (unpaired) electrons. The number of rotatable bonds is 16. The molecule has 1 aliphatic rings. The minimum Gasteiger partial charge on any atom is -0.481 e. The number of nitriles is 2. The van der Waals surface area contributed by atoms with Crippen LogP contribution in [-0.4, -0.2) is 73.7 Å². The van der Waals surface area contributed by atoms with Crippen molar-refractivity contribution in [3.8, 4) is 23.3 Å². The molecule has 5 rings (SSSR count). The number of aliphatic carboxylic acids is 1. The number of esters is 1. The van der Waals surface area contributed by atoms with Gasteiger partial charge in [0.05, 0.1) is 29.1 Å². The van der Waals surface area contributed by atoms with Crippen molar-refractivity contribution in [2.75, 3.05) is 19.8 Å². The molecule has 12 nitrogen and oxygen atoms in total. The number of carbonyl (C=O) groups excluding carboxylic acids is 2. The summed E-state index contributed by atoms with van der Waals surface area (Å²) in [7, 11) is 0. The molecule has 73 heavy (non-hydrogen) atoms. The average molecular weight is 1010 g/mol. The number of nitrogens with zero attached hydrogens (tertiary/aromatic N) is 6. The van der Waals surface area contributed by atoms with Crippen molar-refractivity contribution in [2.24, 2.45) is 16.7 Å². The lowest BCUT2D eigenvalue weighted by Gasteiger charge is -2.22. The van der Waals surface area contributed by atoms with Crippen molar-refractivity contribution in [1.82, 2.24) is 19.9 Å². The Morgan fingerprint density at radius 3 is 1.52 bits per heavy atom. The fourth-order valence-corrected chi connectivity index (χ4v) is 5.76. The van der Waals surface area contributed by atoms with Gasteiger partial charge < -0.3 is 19.8 Å². The summed E-state index contributed by atoms with van der Waals surface area (Å²) in [6, 6.07) is 25.4. The van der Waals surface area contributed by atoms with Crippen molar-refractivity contribution >= 4 is 17.8 Å².